The zero-order valence-electron chi connectivity index (χ0n) is 16.8. The van der Waals surface area contributed by atoms with Crippen LogP contribution in [0.3, 0.4) is 0 Å². The average molecular weight is 418 g/mol. The van der Waals surface area contributed by atoms with Gasteiger partial charge in [-0.3, -0.25) is 9.59 Å². The number of hydrogen-bond acceptors (Lipinski definition) is 3. The molecule has 2 amide bonds. The first-order valence-electron chi connectivity index (χ1n) is 11.0. The Morgan fingerprint density at radius 2 is 1.76 bits per heavy atom. The molecule has 3 aliphatic carbocycles. The highest BCUT2D eigenvalue weighted by Gasteiger charge is 2.48. The molecular formula is C23H32ClN3O2. The molecule has 5 atom stereocenters. The minimum atomic E-state index is -0.0348. The first-order valence-corrected chi connectivity index (χ1v) is 11.0. The molecule has 4 fully saturated rings. The van der Waals surface area contributed by atoms with E-state index in [0.717, 1.165) is 19.3 Å². The molecule has 3 saturated carbocycles. The van der Waals surface area contributed by atoms with Gasteiger partial charge < -0.3 is 16.0 Å². The van der Waals surface area contributed by atoms with Crippen molar-refractivity contribution in [1.82, 2.24) is 10.2 Å². The second-order valence-corrected chi connectivity index (χ2v) is 9.47. The summed E-state index contributed by atoms with van der Waals surface area (Å²) in [6.45, 7) is 0.664. The highest BCUT2D eigenvalue weighted by molar-refractivity contribution is 5.85. The Morgan fingerprint density at radius 3 is 2.45 bits per heavy atom. The molecule has 6 heteroatoms. The Morgan fingerprint density at radius 1 is 1.07 bits per heavy atom. The van der Waals surface area contributed by atoms with E-state index in [9.17, 15) is 9.59 Å². The third kappa shape index (κ3) is 4.04. The number of fused-ring (bicyclic) bond motifs is 2. The standard InChI is InChI=1S/C23H31N3O2.ClH/c24-22-15-7-4-8-16(22)10-17(9-15)23(28)25-18-11-21(27)26(13-18)20-12-19(20)14-5-2-1-3-6-14;/h1-3,5-6,15-20,22H,4,7-13,24H2,(H,25,28);1H. The van der Waals surface area contributed by atoms with E-state index in [1.54, 1.807) is 0 Å². The highest BCUT2D eigenvalue weighted by atomic mass is 35.5. The number of nitrogens with two attached hydrogens (primary N) is 1. The maximum atomic E-state index is 12.9. The van der Waals surface area contributed by atoms with Crippen LogP contribution in [0.2, 0.25) is 0 Å². The minimum absolute atomic E-state index is 0. The predicted molar refractivity (Wildman–Crippen MR) is 115 cm³/mol. The molecule has 1 aromatic rings. The third-order valence-electron chi connectivity index (χ3n) is 7.67. The van der Waals surface area contributed by atoms with E-state index >= 15 is 0 Å². The van der Waals surface area contributed by atoms with Crippen LogP contribution in [0.1, 0.15) is 56.4 Å². The van der Waals surface area contributed by atoms with E-state index in [-0.39, 0.29) is 42.2 Å². The van der Waals surface area contributed by atoms with Gasteiger partial charge in [0.25, 0.3) is 0 Å². The van der Waals surface area contributed by atoms with Crippen molar-refractivity contribution >= 4 is 24.2 Å². The van der Waals surface area contributed by atoms with Crippen LogP contribution in [0.15, 0.2) is 30.3 Å². The van der Waals surface area contributed by atoms with Crippen LogP contribution in [0.4, 0.5) is 0 Å². The van der Waals surface area contributed by atoms with E-state index in [1.165, 1.54) is 24.8 Å². The summed E-state index contributed by atoms with van der Waals surface area (Å²) in [5, 5.41) is 3.21. The van der Waals surface area contributed by atoms with Gasteiger partial charge in [0.2, 0.25) is 11.8 Å². The molecule has 5 nitrogen and oxygen atoms in total. The van der Waals surface area contributed by atoms with E-state index in [2.05, 4.69) is 29.6 Å². The molecule has 158 valence electrons. The molecule has 0 aromatic heterocycles. The van der Waals surface area contributed by atoms with Crippen LogP contribution in [-0.4, -0.2) is 41.4 Å². The minimum Gasteiger partial charge on any atom is -0.351 e. The van der Waals surface area contributed by atoms with Crippen molar-refractivity contribution in [2.24, 2.45) is 23.5 Å². The Balaban J connectivity index is 0.00000205. The summed E-state index contributed by atoms with van der Waals surface area (Å²) in [5.74, 6) is 1.89. The van der Waals surface area contributed by atoms with Crippen molar-refractivity contribution in [2.45, 2.75) is 69.0 Å². The van der Waals surface area contributed by atoms with Crippen LogP contribution >= 0.6 is 12.4 Å². The van der Waals surface area contributed by atoms with Gasteiger partial charge in [-0.25, -0.2) is 0 Å². The first kappa shape index (κ1) is 20.7. The number of nitrogens with zero attached hydrogens (tertiary/aromatic N) is 1. The van der Waals surface area contributed by atoms with Crippen molar-refractivity contribution in [3.63, 3.8) is 0 Å². The van der Waals surface area contributed by atoms with Crippen molar-refractivity contribution in [1.29, 1.82) is 0 Å². The van der Waals surface area contributed by atoms with E-state index in [1.807, 2.05) is 11.0 Å². The van der Waals surface area contributed by atoms with Crippen molar-refractivity contribution in [2.75, 3.05) is 6.54 Å². The lowest BCUT2D eigenvalue weighted by atomic mass is 9.65. The number of likely N-dealkylation sites (tertiary alicyclic amines) is 1. The SMILES string of the molecule is Cl.NC1C2CCCC1CC(C(=O)NC1CC(=O)N(C3CC3c3ccccc3)C1)C2. The van der Waals surface area contributed by atoms with Crippen molar-refractivity contribution < 1.29 is 9.59 Å². The molecule has 1 aromatic carbocycles. The Bertz CT molecular complexity index is 744. The number of amides is 2. The maximum Gasteiger partial charge on any atom is 0.225 e. The lowest BCUT2D eigenvalue weighted by molar-refractivity contribution is -0.128. The molecule has 1 aliphatic heterocycles. The first-order chi connectivity index (χ1) is 13.6. The number of benzene rings is 1. The molecule has 1 saturated heterocycles. The van der Waals surface area contributed by atoms with Crippen LogP contribution in [0.25, 0.3) is 0 Å². The zero-order valence-corrected chi connectivity index (χ0v) is 17.7. The molecule has 4 aliphatic rings. The van der Waals surface area contributed by atoms with Gasteiger partial charge in [-0.05, 0) is 49.5 Å². The van der Waals surface area contributed by atoms with Gasteiger partial charge in [0.15, 0.2) is 0 Å². The average Bonchev–Trinajstić information content (AvgIpc) is 3.39. The smallest absolute Gasteiger partial charge is 0.225 e. The maximum absolute atomic E-state index is 12.9. The molecule has 5 unspecified atom stereocenters. The number of rotatable bonds is 4. The summed E-state index contributed by atoms with van der Waals surface area (Å²) < 4.78 is 0. The Kier molecular flexibility index (Phi) is 5.90. The van der Waals surface area contributed by atoms with Crippen molar-refractivity contribution in [3.05, 3.63) is 35.9 Å². The molecule has 2 bridgehead atoms. The number of hydrogen-bond donors (Lipinski definition) is 2. The summed E-state index contributed by atoms with van der Waals surface area (Å²) in [6.07, 6.45) is 6.93. The van der Waals surface area contributed by atoms with Gasteiger partial charge in [0, 0.05) is 36.9 Å². The summed E-state index contributed by atoms with van der Waals surface area (Å²) in [4.78, 5) is 27.5. The summed E-state index contributed by atoms with van der Waals surface area (Å²) in [5.41, 5.74) is 7.68. The second-order valence-electron chi connectivity index (χ2n) is 9.47. The zero-order chi connectivity index (χ0) is 19.3. The highest BCUT2D eigenvalue weighted by Crippen LogP contribution is 2.46. The van der Waals surface area contributed by atoms with Gasteiger partial charge >= 0.3 is 0 Å². The van der Waals surface area contributed by atoms with E-state index < -0.39 is 0 Å². The van der Waals surface area contributed by atoms with Gasteiger partial charge in [0.1, 0.15) is 0 Å². The van der Waals surface area contributed by atoms with Crippen LogP contribution in [-0.2, 0) is 9.59 Å². The van der Waals surface area contributed by atoms with Crippen LogP contribution < -0.4 is 11.1 Å². The summed E-state index contributed by atoms with van der Waals surface area (Å²) in [6, 6.07) is 11.0. The molecule has 5 rings (SSSR count). The molecule has 1 heterocycles. The molecular weight excluding hydrogens is 386 g/mol. The number of carbonyl (C=O) groups is 2. The van der Waals surface area contributed by atoms with Gasteiger partial charge in [-0.1, -0.05) is 36.8 Å². The quantitative estimate of drug-likeness (QED) is 0.790. The van der Waals surface area contributed by atoms with E-state index in [0.29, 0.717) is 36.8 Å². The monoisotopic (exact) mass is 417 g/mol. The predicted octanol–water partition coefficient (Wildman–Crippen LogP) is 2.84. The van der Waals surface area contributed by atoms with Gasteiger partial charge in [-0.15, -0.1) is 12.4 Å². The topological polar surface area (TPSA) is 75.4 Å². The van der Waals surface area contributed by atoms with E-state index in [4.69, 9.17) is 5.73 Å². The number of carbonyl (C=O) groups excluding carboxylic acids is 2. The summed E-state index contributed by atoms with van der Waals surface area (Å²) >= 11 is 0. The van der Waals surface area contributed by atoms with Crippen LogP contribution in [0, 0.1) is 17.8 Å². The Hall–Kier alpha value is -1.59. The normalized spacial score (nSPS) is 38.3. The second kappa shape index (κ2) is 8.27. The molecule has 0 radical (unpaired) electrons. The third-order valence-corrected chi connectivity index (χ3v) is 7.67. The number of halogens is 1. The molecule has 3 N–H and O–H groups in total. The lowest BCUT2D eigenvalue weighted by Gasteiger charge is -2.43. The van der Waals surface area contributed by atoms with Crippen LogP contribution in [0.5, 0.6) is 0 Å². The fourth-order valence-corrected chi connectivity index (χ4v) is 6.06. The largest absolute Gasteiger partial charge is 0.351 e. The Labute approximate surface area is 179 Å². The van der Waals surface area contributed by atoms with Crippen molar-refractivity contribution in [3.8, 4) is 0 Å². The lowest BCUT2D eigenvalue weighted by Crippen LogP contribution is -2.50. The number of nitrogens with one attached hydrogen (secondary N) is 1. The van der Waals surface area contributed by atoms with Gasteiger partial charge in [0.05, 0.1) is 6.04 Å². The van der Waals surface area contributed by atoms with Gasteiger partial charge in [-0.2, -0.15) is 0 Å². The molecule has 29 heavy (non-hydrogen) atoms. The molecule has 0 spiro atoms. The fourth-order valence-electron chi connectivity index (χ4n) is 6.06. The fraction of sp³-hybridized carbons (Fsp3) is 0.652. The summed E-state index contributed by atoms with van der Waals surface area (Å²) in [7, 11) is 0.